The van der Waals surface area contributed by atoms with Crippen molar-refractivity contribution in [2.24, 2.45) is 0 Å². The molecule has 0 spiro atoms. The lowest BCUT2D eigenvalue weighted by Gasteiger charge is -2.30. The first-order chi connectivity index (χ1) is 19.4. The van der Waals surface area contributed by atoms with E-state index in [0.717, 1.165) is 23.1 Å². The van der Waals surface area contributed by atoms with Crippen LogP contribution < -0.4 is 14.4 Å². The highest BCUT2D eigenvalue weighted by molar-refractivity contribution is 6.08. The summed E-state index contributed by atoms with van der Waals surface area (Å²) in [6.45, 7) is 9.96. The van der Waals surface area contributed by atoms with Crippen LogP contribution in [0.15, 0.2) is 30.5 Å². The van der Waals surface area contributed by atoms with Crippen LogP contribution in [0.2, 0.25) is 0 Å². The van der Waals surface area contributed by atoms with Gasteiger partial charge in [0, 0.05) is 35.6 Å². The third-order valence-corrected chi connectivity index (χ3v) is 7.64. The summed E-state index contributed by atoms with van der Waals surface area (Å²) in [5.41, 5.74) is 4.98. The maximum absolute atomic E-state index is 15.5. The van der Waals surface area contributed by atoms with Crippen LogP contribution in [-0.2, 0) is 22.4 Å². The SMILES string of the molecule is COc1ccc(C(=O)N2CCc3c2cc(C)c([C@H](OC(C)(C)C)C(=O)O)c3-c2cc(F)c3c(c2C)CCCO3)cn1. The van der Waals surface area contributed by atoms with Crippen LogP contribution in [0.5, 0.6) is 11.6 Å². The molecule has 0 aliphatic carbocycles. The minimum Gasteiger partial charge on any atom is -0.490 e. The number of ether oxygens (including phenoxy) is 3. The van der Waals surface area contributed by atoms with E-state index in [-0.39, 0.29) is 11.7 Å². The quantitative estimate of drug-likeness (QED) is 0.395. The molecule has 216 valence electrons. The van der Waals surface area contributed by atoms with Crippen LogP contribution in [0.3, 0.4) is 0 Å². The van der Waals surface area contributed by atoms with Gasteiger partial charge in [-0.05, 0) is 99.9 Å². The fraction of sp³-hybridized carbons (Fsp3) is 0.406. The van der Waals surface area contributed by atoms with Crippen molar-refractivity contribution in [3.8, 4) is 22.8 Å². The number of hydrogen-bond acceptors (Lipinski definition) is 6. The monoisotopic (exact) mass is 562 g/mol. The Hall–Kier alpha value is -3.98. The van der Waals surface area contributed by atoms with Gasteiger partial charge in [-0.15, -0.1) is 0 Å². The summed E-state index contributed by atoms with van der Waals surface area (Å²) in [6.07, 6.45) is 2.05. The molecular formula is C32H35FN2O6. The molecule has 2 aliphatic rings. The van der Waals surface area contributed by atoms with E-state index in [4.69, 9.17) is 14.2 Å². The number of aromatic nitrogens is 1. The molecule has 2 aromatic carbocycles. The first kappa shape index (κ1) is 28.5. The van der Waals surface area contributed by atoms with Crippen molar-refractivity contribution in [3.05, 3.63) is 69.7 Å². The number of anilines is 1. The zero-order valence-corrected chi connectivity index (χ0v) is 24.3. The molecular weight excluding hydrogens is 527 g/mol. The van der Waals surface area contributed by atoms with Gasteiger partial charge < -0.3 is 24.2 Å². The van der Waals surface area contributed by atoms with E-state index in [1.165, 1.54) is 19.4 Å². The number of hydrogen-bond donors (Lipinski definition) is 1. The highest BCUT2D eigenvalue weighted by Gasteiger charge is 2.37. The molecule has 5 rings (SSSR count). The van der Waals surface area contributed by atoms with E-state index >= 15 is 4.39 Å². The Labute approximate surface area is 239 Å². The second-order valence-electron chi connectivity index (χ2n) is 11.5. The van der Waals surface area contributed by atoms with Crippen LogP contribution in [0, 0.1) is 19.7 Å². The third-order valence-electron chi connectivity index (χ3n) is 7.64. The molecule has 0 radical (unpaired) electrons. The molecule has 41 heavy (non-hydrogen) atoms. The molecule has 0 fully saturated rings. The number of aryl methyl sites for hydroxylation is 1. The minimum atomic E-state index is -1.31. The normalized spacial score (nSPS) is 15.1. The second kappa shape index (κ2) is 10.8. The summed E-state index contributed by atoms with van der Waals surface area (Å²) in [7, 11) is 1.51. The minimum absolute atomic E-state index is 0.237. The summed E-state index contributed by atoms with van der Waals surface area (Å²) in [5.74, 6) is -1.20. The van der Waals surface area contributed by atoms with Gasteiger partial charge in [0.2, 0.25) is 5.88 Å². The van der Waals surface area contributed by atoms with E-state index in [9.17, 15) is 14.7 Å². The Morgan fingerprint density at radius 1 is 1.15 bits per heavy atom. The number of halogens is 1. The number of carbonyl (C=O) groups is 2. The van der Waals surface area contributed by atoms with Crippen molar-refractivity contribution in [3.63, 3.8) is 0 Å². The van der Waals surface area contributed by atoms with Crippen molar-refractivity contribution in [2.45, 2.75) is 65.6 Å². The molecule has 3 heterocycles. The Kier molecular flexibility index (Phi) is 7.50. The predicted molar refractivity (Wildman–Crippen MR) is 153 cm³/mol. The van der Waals surface area contributed by atoms with E-state index in [1.807, 2.05) is 19.9 Å². The number of benzene rings is 2. The standard InChI is InChI=1S/C32H35FN2O6/c1-17-14-24-21(11-12-35(24)30(36)19-9-10-25(39-6)34-16-19)27(26(17)29(31(37)38)41-32(3,4)5)22-15-23(33)28-20(18(22)2)8-7-13-40-28/h9-10,14-16,29H,7-8,11-13H2,1-6H3,(H,37,38)/t29-/m0/s1. The number of carboxylic acids is 1. The molecule has 1 atom stereocenters. The Balaban J connectivity index is 1.75. The lowest BCUT2D eigenvalue weighted by Crippen LogP contribution is -2.30. The lowest BCUT2D eigenvalue weighted by atomic mass is 9.83. The van der Waals surface area contributed by atoms with Gasteiger partial charge in [-0.25, -0.2) is 14.2 Å². The Morgan fingerprint density at radius 3 is 2.54 bits per heavy atom. The number of methoxy groups -OCH3 is 1. The molecule has 1 aromatic heterocycles. The van der Waals surface area contributed by atoms with Crippen molar-refractivity contribution in [2.75, 3.05) is 25.2 Å². The molecule has 0 saturated carbocycles. The molecule has 1 N–H and O–H groups in total. The van der Waals surface area contributed by atoms with Gasteiger partial charge >= 0.3 is 5.97 Å². The summed E-state index contributed by atoms with van der Waals surface area (Å²) in [6, 6.07) is 6.57. The maximum Gasteiger partial charge on any atom is 0.337 e. The zero-order valence-electron chi connectivity index (χ0n) is 24.3. The highest BCUT2D eigenvalue weighted by atomic mass is 19.1. The molecule has 2 aliphatic heterocycles. The van der Waals surface area contributed by atoms with Gasteiger partial charge in [0.1, 0.15) is 0 Å². The van der Waals surface area contributed by atoms with E-state index in [1.54, 1.807) is 37.8 Å². The Morgan fingerprint density at radius 2 is 1.90 bits per heavy atom. The molecule has 0 bridgehead atoms. The number of pyridine rings is 1. The van der Waals surface area contributed by atoms with Crippen LogP contribution in [-0.4, -0.2) is 47.8 Å². The number of carbonyl (C=O) groups excluding carboxylic acids is 1. The number of carboxylic acid groups (broad SMARTS) is 1. The fourth-order valence-corrected chi connectivity index (χ4v) is 5.84. The summed E-state index contributed by atoms with van der Waals surface area (Å²) < 4.78 is 32.5. The number of fused-ring (bicyclic) bond motifs is 2. The van der Waals surface area contributed by atoms with Gasteiger partial charge in [0.15, 0.2) is 17.7 Å². The largest absolute Gasteiger partial charge is 0.490 e. The molecule has 3 aromatic rings. The summed E-state index contributed by atoms with van der Waals surface area (Å²) in [4.78, 5) is 32.2. The number of nitrogens with zero attached hydrogens (tertiary/aromatic N) is 2. The highest BCUT2D eigenvalue weighted by Crippen LogP contribution is 2.47. The first-order valence-electron chi connectivity index (χ1n) is 13.7. The van der Waals surface area contributed by atoms with Gasteiger partial charge in [0.05, 0.1) is 24.9 Å². The van der Waals surface area contributed by atoms with Crippen LogP contribution in [0.1, 0.15) is 71.5 Å². The fourth-order valence-electron chi connectivity index (χ4n) is 5.84. The maximum atomic E-state index is 15.5. The smallest absolute Gasteiger partial charge is 0.337 e. The topological polar surface area (TPSA) is 98.2 Å². The van der Waals surface area contributed by atoms with Gasteiger partial charge in [-0.3, -0.25) is 4.79 Å². The predicted octanol–water partition coefficient (Wildman–Crippen LogP) is 5.98. The van der Waals surface area contributed by atoms with Crippen LogP contribution in [0.4, 0.5) is 10.1 Å². The van der Waals surface area contributed by atoms with E-state index in [0.29, 0.717) is 65.4 Å². The second-order valence-corrected chi connectivity index (χ2v) is 11.5. The number of aliphatic carboxylic acids is 1. The first-order valence-corrected chi connectivity index (χ1v) is 13.7. The molecule has 0 saturated heterocycles. The van der Waals surface area contributed by atoms with Gasteiger partial charge in [-0.1, -0.05) is 0 Å². The number of amides is 1. The van der Waals surface area contributed by atoms with E-state index < -0.39 is 23.5 Å². The lowest BCUT2D eigenvalue weighted by molar-refractivity contribution is -0.160. The van der Waals surface area contributed by atoms with E-state index in [2.05, 4.69) is 4.98 Å². The number of rotatable bonds is 6. The van der Waals surface area contributed by atoms with Crippen molar-refractivity contribution in [1.82, 2.24) is 4.98 Å². The Bertz CT molecular complexity index is 1530. The molecule has 0 unspecified atom stereocenters. The average molecular weight is 563 g/mol. The molecule has 8 nitrogen and oxygen atoms in total. The summed E-state index contributed by atoms with van der Waals surface area (Å²) in [5, 5.41) is 10.4. The third kappa shape index (κ3) is 5.26. The van der Waals surface area contributed by atoms with Crippen molar-refractivity contribution < 1.29 is 33.3 Å². The van der Waals surface area contributed by atoms with Crippen LogP contribution in [0.25, 0.3) is 11.1 Å². The summed E-state index contributed by atoms with van der Waals surface area (Å²) >= 11 is 0. The van der Waals surface area contributed by atoms with Crippen molar-refractivity contribution in [1.29, 1.82) is 0 Å². The van der Waals surface area contributed by atoms with Gasteiger partial charge in [-0.2, -0.15) is 0 Å². The van der Waals surface area contributed by atoms with Crippen molar-refractivity contribution >= 4 is 17.6 Å². The van der Waals surface area contributed by atoms with Gasteiger partial charge in [0.25, 0.3) is 5.91 Å². The average Bonchev–Trinajstić information content (AvgIpc) is 3.35. The molecule has 9 heteroatoms. The van der Waals surface area contributed by atoms with Crippen LogP contribution >= 0.6 is 0 Å². The molecule has 1 amide bonds. The zero-order chi connectivity index (χ0) is 29.6.